The van der Waals surface area contributed by atoms with E-state index < -0.39 is 23.2 Å². The zero-order valence-corrected chi connectivity index (χ0v) is 18.4. The number of anilines is 1. The molecule has 4 rings (SSSR count). The summed E-state index contributed by atoms with van der Waals surface area (Å²) in [5.74, 6) is -0.129. The Morgan fingerprint density at radius 1 is 1.06 bits per heavy atom. The van der Waals surface area contributed by atoms with E-state index in [0.29, 0.717) is 5.82 Å². The molecule has 0 bridgehead atoms. The molecule has 0 aliphatic heterocycles. The lowest BCUT2D eigenvalue weighted by Gasteiger charge is -2.17. The molecule has 1 N–H and O–H groups in total. The number of nitrogens with one attached hydrogen (secondary N) is 1. The third-order valence-electron chi connectivity index (χ3n) is 5.13. The molecular formula is C25H21F3N4O2. The van der Waals surface area contributed by atoms with Crippen LogP contribution in [0.5, 0.6) is 0 Å². The van der Waals surface area contributed by atoms with Crippen molar-refractivity contribution in [2.75, 3.05) is 5.32 Å². The topological polar surface area (TPSA) is 76.9 Å². The molecule has 34 heavy (non-hydrogen) atoms. The van der Waals surface area contributed by atoms with Crippen molar-refractivity contribution >= 4 is 22.6 Å². The molecule has 1 amide bonds. The minimum atomic E-state index is -4.55. The molecule has 0 radical (unpaired) electrons. The fourth-order valence-electron chi connectivity index (χ4n) is 3.64. The third kappa shape index (κ3) is 4.68. The number of fused-ring (bicyclic) bond motifs is 1. The first kappa shape index (κ1) is 23.2. The Hall–Kier alpha value is -4.01. The summed E-state index contributed by atoms with van der Waals surface area (Å²) in [6, 6.07) is 14.3. The van der Waals surface area contributed by atoms with Crippen LogP contribution >= 0.6 is 0 Å². The van der Waals surface area contributed by atoms with E-state index in [1.54, 1.807) is 30.3 Å². The maximum absolute atomic E-state index is 13.4. The van der Waals surface area contributed by atoms with Crippen molar-refractivity contribution in [3.05, 3.63) is 88.3 Å². The van der Waals surface area contributed by atoms with Crippen LogP contribution in [0.3, 0.4) is 0 Å². The van der Waals surface area contributed by atoms with Crippen LogP contribution in [-0.4, -0.2) is 20.4 Å². The number of alkyl halides is 3. The molecule has 2 heterocycles. The van der Waals surface area contributed by atoms with Crippen molar-refractivity contribution < 1.29 is 18.0 Å². The van der Waals surface area contributed by atoms with Gasteiger partial charge in [-0.1, -0.05) is 38.1 Å². The normalized spacial score (nSPS) is 11.7. The SMILES string of the molecule is CC(C)Cn1c(-c2cccc(C(F)(F)F)c2)nc2c(C(=O)Nc3ccccn3)cccc2c1=O. The molecule has 0 fully saturated rings. The number of rotatable bonds is 5. The van der Waals surface area contributed by atoms with E-state index in [2.05, 4.69) is 15.3 Å². The standard InChI is InChI=1S/C25H21F3N4O2/c1-15(2)14-32-22(16-7-5-8-17(13-16)25(26,27)28)31-21-18(9-6-10-19(21)24(32)34)23(33)30-20-11-3-4-12-29-20/h3-13,15H,14H2,1-2H3,(H,29,30,33). The van der Waals surface area contributed by atoms with Crippen LogP contribution in [0.15, 0.2) is 71.7 Å². The minimum Gasteiger partial charge on any atom is -0.306 e. The van der Waals surface area contributed by atoms with Crippen LogP contribution in [0.25, 0.3) is 22.3 Å². The van der Waals surface area contributed by atoms with Gasteiger partial charge in [0.15, 0.2) is 0 Å². The van der Waals surface area contributed by atoms with Gasteiger partial charge in [-0.05, 0) is 42.3 Å². The van der Waals surface area contributed by atoms with Crippen molar-refractivity contribution in [2.45, 2.75) is 26.6 Å². The molecular weight excluding hydrogens is 445 g/mol. The molecule has 2 aromatic heterocycles. The van der Waals surface area contributed by atoms with Crippen molar-refractivity contribution in [2.24, 2.45) is 5.92 Å². The van der Waals surface area contributed by atoms with Crippen LogP contribution in [0.2, 0.25) is 0 Å². The summed E-state index contributed by atoms with van der Waals surface area (Å²) in [5, 5.41) is 2.86. The summed E-state index contributed by atoms with van der Waals surface area (Å²) in [7, 11) is 0. The van der Waals surface area contributed by atoms with Gasteiger partial charge in [-0.3, -0.25) is 14.2 Å². The van der Waals surface area contributed by atoms with Gasteiger partial charge in [-0.25, -0.2) is 9.97 Å². The average molecular weight is 466 g/mol. The zero-order chi connectivity index (χ0) is 24.5. The molecule has 0 saturated carbocycles. The first-order valence-corrected chi connectivity index (χ1v) is 10.6. The van der Waals surface area contributed by atoms with Gasteiger partial charge in [-0.15, -0.1) is 0 Å². The molecule has 0 spiro atoms. The zero-order valence-electron chi connectivity index (χ0n) is 18.4. The first-order chi connectivity index (χ1) is 16.1. The van der Waals surface area contributed by atoms with Gasteiger partial charge < -0.3 is 5.32 Å². The Labute approximate surface area is 193 Å². The number of para-hydroxylation sites is 1. The monoisotopic (exact) mass is 466 g/mol. The number of halogens is 3. The smallest absolute Gasteiger partial charge is 0.306 e. The van der Waals surface area contributed by atoms with E-state index in [-0.39, 0.29) is 40.3 Å². The van der Waals surface area contributed by atoms with E-state index in [1.807, 2.05) is 13.8 Å². The van der Waals surface area contributed by atoms with Gasteiger partial charge in [-0.2, -0.15) is 13.2 Å². The number of aromatic nitrogens is 3. The molecule has 4 aromatic rings. The number of benzene rings is 2. The van der Waals surface area contributed by atoms with E-state index in [9.17, 15) is 22.8 Å². The van der Waals surface area contributed by atoms with Gasteiger partial charge in [0, 0.05) is 18.3 Å². The number of hydrogen-bond acceptors (Lipinski definition) is 4. The number of hydrogen-bond donors (Lipinski definition) is 1. The molecule has 6 nitrogen and oxygen atoms in total. The number of pyridine rings is 1. The van der Waals surface area contributed by atoms with Gasteiger partial charge in [0.1, 0.15) is 11.6 Å². The Morgan fingerprint density at radius 3 is 2.50 bits per heavy atom. The van der Waals surface area contributed by atoms with Crippen LogP contribution in [0.1, 0.15) is 29.8 Å². The Morgan fingerprint density at radius 2 is 1.82 bits per heavy atom. The lowest BCUT2D eigenvalue weighted by atomic mass is 10.1. The highest BCUT2D eigenvalue weighted by Gasteiger charge is 2.31. The van der Waals surface area contributed by atoms with Crippen LogP contribution in [-0.2, 0) is 12.7 Å². The quantitative estimate of drug-likeness (QED) is 0.428. The molecule has 174 valence electrons. The van der Waals surface area contributed by atoms with Gasteiger partial charge >= 0.3 is 6.18 Å². The molecule has 0 atom stereocenters. The minimum absolute atomic E-state index is 0.0251. The van der Waals surface area contributed by atoms with Crippen LogP contribution < -0.4 is 10.9 Å². The summed E-state index contributed by atoms with van der Waals surface area (Å²) in [4.78, 5) is 35.0. The van der Waals surface area contributed by atoms with Gasteiger partial charge in [0.05, 0.1) is 22.0 Å². The highest BCUT2D eigenvalue weighted by Crippen LogP contribution is 2.32. The molecule has 0 saturated heterocycles. The highest BCUT2D eigenvalue weighted by atomic mass is 19.4. The third-order valence-corrected chi connectivity index (χ3v) is 5.13. The fourth-order valence-corrected chi connectivity index (χ4v) is 3.64. The van der Waals surface area contributed by atoms with Crippen molar-refractivity contribution in [1.29, 1.82) is 0 Å². The average Bonchev–Trinajstić information content (AvgIpc) is 2.80. The highest BCUT2D eigenvalue weighted by molar-refractivity contribution is 6.11. The predicted molar refractivity (Wildman–Crippen MR) is 123 cm³/mol. The van der Waals surface area contributed by atoms with Crippen molar-refractivity contribution in [3.63, 3.8) is 0 Å². The van der Waals surface area contributed by atoms with E-state index in [4.69, 9.17) is 0 Å². The summed E-state index contributed by atoms with van der Waals surface area (Å²) >= 11 is 0. The molecule has 9 heteroatoms. The van der Waals surface area contributed by atoms with E-state index in [1.165, 1.54) is 29.0 Å². The number of amides is 1. The Kier molecular flexibility index (Phi) is 6.19. The van der Waals surface area contributed by atoms with Gasteiger partial charge in [0.25, 0.3) is 11.5 Å². The van der Waals surface area contributed by atoms with E-state index >= 15 is 0 Å². The van der Waals surface area contributed by atoms with Crippen molar-refractivity contribution in [3.8, 4) is 11.4 Å². The molecule has 0 unspecified atom stereocenters. The second kappa shape index (κ2) is 9.09. The Bertz CT molecular complexity index is 1410. The summed E-state index contributed by atoms with van der Waals surface area (Å²) in [6.45, 7) is 4.03. The number of carbonyl (C=O) groups excluding carboxylic acids is 1. The van der Waals surface area contributed by atoms with E-state index in [0.717, 1.165) is 12.1 Å². The molecule has 0 aliphatic rings. The largest absolute Gasteiger partial charge is 0.416 e. The summed E-state index contributed by atoms with van der Waals surface area (Å²) < 4.78 is 41.4. The predicted octanol–water partition coefficient (Wildman–Crippen LogP) is 5.39. The maximum Gasteiger partial charge on any atom is 0.416 e. The fraction of sp³-hybridized carbons (Fsp3) is 0.200. The number of carbonyl (C=O) groups is 1. The molecule has 2 aromatic carbocycles. The van der Waals surface area contributed by atoms with Gasteiger partial charge in [0.2, 0.25) is 0 Å². The van der Waals surface area contributed by atoms with Crippen LogP contribution in [0.4, 0.5) is 19.0 Å². The lowest BCUT2D eigenvalue weighted by molar-refractivity contribution is -0.137. The second-order valence-electron chi connectivity index (χ2n) is 8.19. The second-order valence-corrected chi connectivity index (χ2v) is 8.19. The summed E-state index contributed by atoms with van der Waals surface area (Å²) in [5.41, 5.74) is -0.928. The van der Waals surface area contributed by atoms with Crippen LogP contribution in [0, 0.1) is 5.92 Å². The van der Waals surface area contributed by atoms with Crippen molar-refractivity contribution in [1.82, 2.24) is 14.5 Å². The lowest BCUT2D eigenvalue weighted by Crippen LogP contribution is -2.26. The summed E-state index contributed by atoms with van der Waals surface area (Å²) in [6.07, 6.45) is -3.03. The molecule has 0 aliphatic carbocycles. The Balaban J connectivity index is 1.93. The number of nitrogens with zero attached hydrogens (tertiary/aromatic N) is 3. The first-order valence-electron chi connectivity index (χ1n) is 10.6. The maximum atomic E-state index is 13.4.